The van der Waals surface area contributed by atoms with E-state index >= 15 is 0 Å². The Morgan fingerprint density at radius 3 is 1.60 bits per heavy atom. The SMILES string of the molecule is [O]=[Y][O][Y]=[O]. The number of hydrogen-bond donors (Lipinski definition) is 0. The van der Waals surface area contributed by atoms with Crippen LogP contribution in [0.1, 0.15) is 0 Å². The van der Waals surface area contributed by atoms with Crippen molar-refractivity contribution >= 4 is 0 Å². The predicted molar refractivity (Wildman–Crippen MR) is 2.46 cm³/mol. The molecule has 0 atom stereocenters. The molecule has 0 spiro atoms. The summed E-state index contributed by atoms with van der Waals surface area (Å²) in [6.45, 7) is 0. The molecule has 0 saturated heterocycles. The summed E-state index contributed by atoms with van der Waals surface area (Å²) in [6.07, 6.45) is 0. The summed E-state index contributed by atoms with van der Waals surface area (Å²) in [5.41, 5.74) is 0. The molecule has 0 N–H and O–H groups in total. The molecule has 24 valence electrons. The first-order chi connectivity index (χ1) is 2.41. The van der Waals surface area contributed by atoms with Crippen molar-refractivity contribution in [1.82, 2.24) is 0 Å². The Bertz CT molecular complexity index is 34.2. The molecule has 0 saturated carbocycles. The summed E-state index contributed by atoms with van der Waals surface area (Å²) in [6, 6.07) is 0. The topological polar surface area (TPSA) is 43.4 Å². The van der Waals surface area contributed by atoms with E-state index < -0.39 is 59.5 Å². The van der Waals surface area contributed by atoms with Crippen molar-refractivity contribution in [1.29, 1.82) is 0 Å². The van der Waals surface area contributed by atoms with Gasteiger partial charge < -0.3 is 0 Å². The molecular weight excluding hydrogens is 226 g/mol. The van der Waals surface area contributed by atoms with E-state index in [1.165, 1.54) is 0 Å². The molecule has 0 aromatic rings. The van der Waals surface area contributed by atoms with E-state index in [1.807, 2.05) is 0 Å². The van der Waals surface area contributed by atoms with Crippen LogP contribution in [0, 0.1) is 0 Å². The van der Waals surface area contributed by atoms with Crippen LogP contribution >= 0.6 is 0 Å². The van der Waals surface area contributed by atoms with Crippen molar-refractivity contribution < 1.29 is 63.0 Å². The van der Waals surface area contributed by atoms with Gasteiger partial charge in [0.15, 0.2) is 0 Å². The zero-order valence-electron chi connectivity index (χ0n) is 2.38. The standard InChI is InChI=1S/3O.2Y. The summed E-state index contributed by atoms with van der Waals surface area (Å²) in [7, 11) is 0. The number of hydrogen-bond acceptors (Lipinski definition) is 3. The van der Waals surface area contributed by atoms with Crippen LogP contribution in [-0.2, 0) is 63.0 Å². The third kappa shape index (κ3) is 5.77. The van der Waals surface area contributed by atoms with Gasteiger partial charge in [-0.2, -0.15) is 0 Å². The van der Waals surface area contributed by atoms with Crippen LogP contribution in [0.5, 0.6) is 0 Å². The molecule has 0 aromatic heterocycles. The number of rotatable bonds is 2. The van der Waals surface area contributed by atoms with Crippen LogP contribution in [0.15, 0.2) is 0 Å². The molecule has 0 bridgehead atoms. The fraction of sp³-hybridized carbons (Fsp3) is 0. The van der Waals surface area contributed by atoms with Gasteiger partial charge in [-0.15, -0.1) is 0 Å². The molecule has 5 heavy (non-hydrogen) atoms. The van der Waals surface area contributed by atoms with E-state index in [0.29, 0.717) is 0 Å². The van der Waals surface area contributed by atoms with Gasteiger partial charge in [-0.25, -0.2) is 0 Å². The Morgan fingerprint density at radius 2 is 1.60 bits per heavy atom. The summed E-state index contributed by atoms with van der Waals surface area (Å²) < 4.78 is 22.8. The molecule has 0 fully saturated rings. The monoisotopic (exact) mass is 226 g/mol. The van der Waals surface area contributed by atoms with Gasteiger partial charge in [0.25, 0.3) is 0 Å². The van der Waals surface area contributed by atoms with E-state index in [0.717, 1.165) is 0 Å². The molecular formula is O3Y2. The van der Waals surface area contributed by atoms with E-state index in [4.69, 9.17) is 0 Å². The molecule has 0 aromatic carbocycles. The van der Waals surface area contributed by atoms with Crippen LogP contribution in [0.2, 0.25) is 0 Å². The zero-order chi connectivity index (χ0) is 4.12. The molecule has 0 radical (unpaired) electrons. The van der Waals surface area contributed by atoms with Crippen LogP contribution in [0.4, 0.5) is 0 Å². The van der Waals surface area contributed by atoms with E-state index in [-0.39, 0.29) is 0 Å². The molecule has 0 amide bonds. The van der Waals surface area contributed by atoms with Crippen molar-refractivity contribution in [2.24, 2.45) is 0 Å². The summed E-state index contributed by atoms with van der Waals surface area (Å²) in [5, 5.41) is 0. The molecule has 0 aliphatic rings. The maximum absolute atomic E-state index is 9.35. The average Bonchev–Trinajstić information content (AvgIpc) is 1.41. The molecule has 0 rings (SSSR count). The Kier molecular flexibility index (Phi) is 7.81. The molecule has 0 aliphatic carbocycles. The molecule has 0 heterocycles. The van der Waals surface area contributed by atoms with Gasteiger partial charge in [-0.05, 0) is 0 Å². The minimum atomic E-state index is -1.91. The van der Waals surface area contributed by atoms with Gasteiger partial charge in [-0.1, -0.05) is 0 Å². The fourth-order valence-electron chi connectivity index (χ4n) is 0.0227. The third-order valence-electron chi connectivity index (χ3n) is 0.111. The van der Waals surface area contributed by atoms with Crippen LogP contribution in [0.3, 0.4) is 0 Å². The normalized spacial score (nSPS) is 4.80. The summed E-state index contributed by atoms with van der Waals surface area (Å²) in [4.78, 5) is 0. The van der Waals surface area contributed by atoms with Crippen molar-refractivity contribution in [3.8, 4) is 0 Å². The van der Waals surface area contributed by atoms with Gasteiger partial charge in [-0.3, -0.25) is 0 Å². The van der Waals surface area contributed by atoms with Crippen molar-refractivity contribution in [3.63, 3.8) is 0 Å². The Labute approximate surface area is 61.7 Å². The van der Waals surface area contributed by atoms with E-state index in [1.54, 1.807) is 0 Å². The van der Waals surface area contributed by atoms with Crippen LogP contribution in [0.25, 0.3) is 0 Å². The summed E-state index contributed by atoms with van der Waals surface area (Å²) in [5.74, 6) is 0. The van der Waals surface area contributed by atoms with Gasteiger partial charge in [0, 0.05) is 0 Å². The van der Waals surface area contributed by atoms with Gasteiger partial charge >= 0.3 is 63.0 Å². The Hall–Kier alpha value is 1.77. The minimum absolute atomic E-state index is 1.91. The van der Waals surface area contributed by atoms with Crippen molar-refractivity contribution in [3.05, 3.63) is 0 Å². The van der Waals surface area contributed by atoms with E-state index in [9.17, 15) is 4.09 Å². The summed E-state index contributed by atoms with van der Waals surface area (Å²) >= 11 is -3.81. The van der Waals surface area contributed by atoms with Gasteiger partial charge in [0.1, 0.15) is 0 Å². The van der Waals surface area contributed by atoms with Crippen molar-refractivity contribution in [2.45, 2.75) is 0 Å². The second-order valence-corrected chi connectivity index (χ2v) is 5.90. The molecule has 0 aliphatic heterocycles. The molecule has 3 nitrogen and oxygen atoms in total. The first kappa shape index (κ1) is 6.77. The Morgan fingerprint density at radius 1 is 1.20 bits per heavy atom. The fourth-order valence-corrected chi connectivity index (χ4v) is 0.794. The third-order valence-corrected chi connectivity index (χ3v) is 3.89. The maximum atomic E-state index is 9.35. The second kappa shape index (κ2) is 5.77. The zero-order valence-corrected chi connectivity index (χ0v) is 8.06. The Balaban J connectivity index is 2.65. The second-order valence-electron chi connectivity index (χ2n) is 0.329. The van der Waals surface area contributed by atoms with Crippen LogP contribution < -0.4 is 0 Å². The molecule has 5 heteroatoms. The van der Waals surface area contributed by atoms with Crippen LogP contribution in [-0.4, -0.2) is 0 Å². The van der Waals surface area contributed by atoms with Gasteiger partial charge in [0.2, 0.25) is 0 Å². The first-order valence-electron chi connectivity index (χ1n) is 0.943. The predicted octanol–water partition coefficient (Wildman–Crippen LogP) is -0.311. The van der Waals surface area contributed by atoms with Crippen molar-refractivity contribution in [2.75, 3.05) is 0 Å². The molecule has 0 unspecified atom stereocenters. The average molecular weight is 226 g/mol. The van der Waals surface area contributed by atoms with E-state index in [2.05, 4.69) is -0.634 Å². The quantitative estimate of drug-likeness (QED) is 0.648. The van der Waals surface area contributed by atoms with Gasteiger partial charge in [0.05, 0.1) is 0 Å². The first-order valence-corrected chi connectivity index (χ1v) is 5.58.